The van der Waals surface area contributed by atoms with Gasteiger partial charge in [-0.1, -0.05) is 24.3 Å². The van der Waals surface area contributed by atoms with Crippen molar-refractivity contribution in [3.63, 3.8) is 0 Å². The van der Waals surface area contributed by atoms with Crippen LogP contribution in [0.3, 0.4) is 0 Å². The van der Waals surface area contributed by atoms with Crippen LogP contribution >= 0.6 is 0 Å². The highest BCUT2D eigenvalue weighted by Crippen LogP contribution is 2.34. The van der Waals surface area contributed by atoms with Crippen LogP contribution in [0, 0.1) is 0 Å². The third-order valence-corrected chi connectivity index (χ3v) is 4.51. The number of carbonyl (C=O) groups excluding carboxylic acids is 1. The Morgan fingerprint density at radius 1 is 1.26 bits per heavy atom. The zero-order valence-electron chi connectivity index (χ0n) is 16.6. The standard InChI is InChI=1S/C20H31NO6/c1-19(2,3)27-18(23)21-10-9-20(24,17(22)13-21)16-7-5-15(6-8-16)14-26-12-11-25-4/h5-8,17,22,24H,9-14H2,1-4H3/t17-,20-/m0/s1. The minimum absolute atomic E-state index is 0.0211. The Kier molecular flexibility index (Phi) is 7.22. The number of rotatable bonds is 6. The normalized spacial score (nSPS) is 23.3. The number of carbonyl (C=O) groups is 1. The van der Waals surface area contributed by atoms with E-state index < -0.39 is 23.4 Å². The number of amides is 1. The monoisotopic (exact) mass is 381 g/mol. The minimum Gasteiger partial charge on any atom is -0.444 e. The van der Waals surface area contributed by atoms with E-state index in [0.717, 1.165) is 5.56 Å². The van der Waals surface area contributed by atoms with Crippen molar-refractivity contribution in [3.8, 4) is 0 Å². The molecule has 1 aliphatic rings. The number of aliphatic hydroxyl groups is 2. The zero-order valence-corrected chi connectivity index (χ0v) is 16.6. The molecule has 0 spiro atoms. The highest BCUT2D eigenvalue weighted by Gasteiger charge is 2.43. The van der Waals surface area contributed by atoms with Crippen molar-refractivity contribution < 1.29 is 29.2 Å². The molecule has 0 radical (unpaired) electrons. The van der Waals surface area contributed by atoms with E-state index in [2.05, 4.69) is 0 Å². The number of β-amino-alcohol motifs (C(OH)–C–C–N with tert-alkyl or cyclic N) is 1. The molecule has 0 aliphatic carbocycles. The van der Waals surface area contributed by atoms with Gasteiger partial charge in [-0.25, -0.2) is 4.79 Å². The van der Waals surface area contributed by atoms with E-state index in [1.807, 2.05) is 12.1 Å². The Morgan fingerprint density at radius 3 is 2.48 bits per heavy atom. The third-order valence-electron chi connectivity index (χ3n) is 4.51. The van der Waals surface area contributed by atoms with Crippen molar-refractivity contribution >= 4 is 6.09 Å². The molecular weight excluding hydrogens is 350 g/mol. The zero-order chi connectivity index (χ0) is 20.1. The summed E-state index contributed by atoms with van der Waals surface area (Å²) in [4.78, 5) is 13.6. The summed E-state index contributed by atoms with van der Waals surface area (Å²) in [7, 11) is 1.62. The molecule has 1 aliphatic heterocycles. The number of methoxy groups -OCH3 is 1. The molecule has 2 N–H and O–H groups in total. The number of hydrogen-bond donors (Lipinski definition) is 2. The van der Waals surface area contributed by atoms with Gasteiger partial charge in [-0.05, 0) is 31.9 Å². The topological polar surface area (TPSA) is 88.5 Å². The smallest absolute Gasteiger partial charge is 0.410 e. The summed E-state index contributed by atoms with van der Waals surface area (Å²) in [5.41, 5.74) is -0.399. The van der Waals surface area contributed by atoms with Crippen LogP contribution in [0.4, 0.5) is 4.79 Å². The molecule has 1 aromatic rings. The molecule has 1 aromatic carbocycles. The first-order valence-electron chi connectivity index (χ1n) is 9.20. The largest absolute Gasteiger partial charge is 0.444 e. The SMILES string of the molecule is COCCOCc1ccc([C@@]2(O)CCN(C(=O)OC(C)(C)C)C[C@@H]2O)cc1. The lowest BCUT2D eigenvalue weighted by atomic mass is 9.82. The lowest BCUT2D eigenvalue weighted by Gasteiger charge is -2.42. The molecular formula is C20H31NO6. The molecule has 1 heterocycles. The fourth-order valence-electron chi connectivity index (χ4n) is 2.97. The molecule has 2 atom stereocenters. The van der Waals surface area contributed by atoms with Crippen LogP contribution in [-0.4, -0.2) is 66.3 Å². The number of hydrogen-bond acceptors (Lipinski definition) is 6. The molecule has 7 nitrogen and oxygen atoms in total. The Balaban J connectivity index is 1.97. The number of benzene rings is 1. The van der Waals surface area contributed by atoms with Crippen LogP contribution in [0.5, 0.6) is 0 Å². The number of ether oxygens (including phenoxy) is 3. The van der Waals surface area contributed by atoms with E-state index >= 15 is 0 Å². The molecule has 0 unspecified atom stereocenters. The van der Waals surface area contributed by atoms with Crippen LogP contribution in [0.25, 0.3) is 0 Å². The lowest BCUT2D eigenvalue weighted by molar-refractivity contribution is -0.123. The Labute approximate surface area is 160 Å². The van der Waals surface area contributed by atoms with E-state index in [1.54, 1.807) is 40.0 Å². The predicted molar refractivity (Wildman–Crippen MR) is 100 cm³/mol. The van der Waals surface area contributed by atoms with Gasteiger partial charge in [0.1, 0.15) is 17.3 Å². The molecule has 1 saturated heterocycles. The van der Waals surface area contributed by atoms with Gasteiger partial charge in [0.2, 0.25) is 0 Å². The van der Waals surface area contributed by atoms with E-state index in [9.17, 15) is 15.0 Å². The Hall–Kier alpha value is -1.67. The molecule has 0 bridgehead atoms. The van der Waals surface area contributed by atoms with Crippen LogP contribution in [-0.2, 0) is 26.4 Å². The summed E-state index contributed by atoms with van der Waals surface area (Å²) in [5.74, 6) is 0. The molecule has 27 heavy (non-hydrogen) atoms. The second kappa shape index (κ2) is 9.01. The van der Waals surface area contributed by atoms with Crippen molar-refractivity contribution in [1.82, 2.24) is 4.90 Å². The summed E-state index contributed by atoms with van der Waals surface area (Å²) >= 11 is 0. The van der Waals surface area contributed by atoms with Gasteiger partial charge in [0.15, 0.2) is 0 Å². The fraction of sp³-hybridized carbons (Fsp3) is 0.650. The molecule has 1 amide bonds. The van der Waals surface area contributed by atoms with Gasteiger partial charge in [-0.15, -0.1) is 0 Å². The highest BCUT2D eigenvalue weighted by atomic mass is 16.6. The quantitative estimate of drug-likeness (QED) is 0.733. The Bertz CT molecular complexity index is 612. The van der Waals surface area contributed by atoms with E-state index in [0.29, 0.717) is 31.9 Å². The van der Waals surface area contributed by atoms with Crippen molar-refractivity contribution in [2.45, 2.75) is 51.1 Å². The maximum atomic E-state index is 12.2. The second-order valence-corrected chi connectivity index (χ2v) is 7.86. The third kappa shape index (κ3) is 5.90. The first-order valence-corrected chi connectivity index (χ1v) is 9.20. The summed E-state index contributed by atoms with van der Waals surface area (Å²) in [6.45, 7) is 7.22. The predicted octanol–water partition coefficient (Wildman–Crippen LogP) is 2.04. The van der Waals surface area contributed by atoms with Gasteiger partial charge in [-0.3, -0.25) is 0 Å². The molecule has 152 valence electrons. The summed E-state index contributed by atoms with van der Waals surface area (Å²) in [6, 6.07) is 7.32. The molecule has 2 rings (SSSR count). The van der Waals surface area contributed by atoms with Gasteiger partial charge in [0.25, 0.3) is 0 Å². The van der Waals surface area contributed by atoms with Crippen LogP contribution in [0.1, 0.15) is 38.3 Å². The maximum absolute atomic E-state index is 12.2. The molecule has 1 fully saturated rings. The van der Waals surface area contributed by atoms with E-state index in [1.165, 1.54) is 4.90 Å². The summed E-state index contributed by atoms with van der Waals surface area (Å²) in [6.07, 6.45) is -1.34. The van der Waals surface area contributed by atoms with Crippen molar-refractivity contribution in [2.24, 2.45) is 0 Å². The average molecular weight is 381 g/mol. The lowest BCUT2D eigenvalue weighted by Crippen LogP contribution is -2.55. The van der Waals surface area contributed by atoms with Gasteiger partial charge >= 0.3 is 6.09 Å². The minimum atomic E-state index is -1.39. The fourth-order valence-corrected chi connectivity index (χ4v) is 2.97. The van der Waals surface area contributed by atoms with Crippen LogP contribution in [0.2, 0.25) is 0 Å². The van der Waals surface area contributed by atoms with Gasteiger partial charge in [0, 0.05) is 20.1 Å². The summed E-state index contributed by atoms with van der Waals surface area (Å²) in [5, 5.41) is 21.5. The first kappa shape index (κ1) is 21.6. The average Bonchev–Trinajstić information content (AvgIpc) is 2.60. The van der Waals surface area contributed by atoms with Crippen molar-refractivity contribution in [3.05, 3.63) is 35.4 Å². The Morgan fingerprint density at radius 2 is 1.93 bits per heavy atom. The second-order valence-electron chi connectivity index (χ2n) is 7.86. The number of nitrogens with zero attached hydrogens (tertiary/aromatic N) is 1. The van der Waals surface area contributed by atoms with Gasteiger partial charge in [0.05, 0.1) is 26.4 Å². The van der Waals surface area contributed by atoms with Crippen LogP contribution < -0.4 is 0 Å². The number of likely N-dealkylation sites (tertiary alicyclic amines) is 1. The van der Waals surface area contributed by atoms with Gasteiger partial charge < -0.3 is 29.3 Å². The van der Waals surface area contributed by atoms with E-state index in [4.69, 9.17) is 14.2 Å². The van der Waals surface area contributed by atoms with E-state index in [-0.39, 0.29) is 13.0 Å². The van der Waals surface area contributed by atoms with Crippen molar-refractivity contribution in [2.75, 3.05) is 33.4 Å². The van der Waals surface area contributed by atoms with Crippen LogP contribution in [0.15, 0.2) is 24.3 Å². The van der Waals surface area contributed by atoms with Crippen molar-refractivity contribution in [1.29, 1.82) is 0 Å². The molecule has 0 aromatic heterocycles. The summed E-state index contributed by atoms with van der Waals surface area (Å²) < 4.78 is 15.8. The molecule has 0 saturated carbocycles. The molecule has 7 heteroatoms. The van der Waals surface area contributed by atoms with Gasteiger partial charge in [-0.2, -0.15) is 0 Å². The number of aliphatic hydroxyl groups excluding tert-OH is 1. The number of piperidine rings is 1. The highest BCUT2D eigenvalue weighted by molar-refractivity contribution is 5.68. The first-order chi connectivity index (χ1) is 12.7. The maximum Gasteiger partial charge on any atom is 0.410 e.